The average molecular weight is 211 g/mol. The molecule has 2 fully saturated rings. The molecule has 0 aromatic carbocycles. The highest BCUT2D eigenvalue weighted by Crippen LogP contribution is 2.25. The van der Waals surface area contributed by atoms with Crippen LogP contribution in [0, 0.1) is 0 Å². The molecule has 0 radical (unpaired) electrons. The van der Waals surface area contributed by atoms with Crippen LogP contribution in [0.3, 0.4) is 0 Å². The highest BCUT2D eigenvalue weighted by atomic mass is 16.5. The van der Waals surface area contributed by atoms with E-state index in [0.717, 1.165) is 32.3 Å². The first-order valence-electron chi connectivity index (χ1n) is 6.14. The molecule has 3 atom stereocenters. The lowest BCUT2D eigenvalue weighted by molar-refractivity contribution is -0.147. The topological polar surface area (TPSA) is 29.5 Å². The van der Waals surface area contributed by atoms with E-state index in [2.05, 4.69) is 18.7 Å². The van der Waals surface area contributed by atoms with Crippen LogP contribution in [0.15, 0.2) is 0 Å². The van der Waals surface area contributed by atoms with E-state index in [1.807, 2.05) is 0 Å². The summed E-state index contributed by atoms with van der Waals surface area (Å²) in [5, 5.41) is 0. The van der Waals surface area contributed by atoms with Crippen molar-refractivity contribution in [2.75, 3.05) is 6.61 Å². The fourth-order valence-electron chi connectivity index (χ4n) is 2.79. The zero-order valence-corrected chi connectivity index (χ0v) is 9.74. The maximum Gasteiger partial charge on any atom is 0.252 e. The summed E-state index contributed by atoms with van der Waals surface area (Å²) in [5.74, 6) is 0.229. The first-order valence-corrected chi connectivity index (χ1v) is 6.14. The molecule has 0 saturated carbocycles. The summed E-state index contributed by atoms with van der Waals surface area (Å²) in [6.45, 7) is 5.07. The fraction of sp³-hybridized carbons (Fsp3) is 0.917. The number of likely N-dealkylation sites (tertiary alicyclic amines) is 1. The number of nitrogens with zero attached hydrogens (tertiary/aromatic N) is 1. The van der Waals surface area contributed by atoms with E-state index in [-0.39, 0.29) is 12.0 Å². The summed E-state index contributed by atoms with van der Waals surface area (Å²) in [6.07, 6.45) is 5.33. The van der Waals surface area contributed by atoms with E-state index in [9.17, 15) is 4.79 Å². The Hall–Kier alpha value is -0.570. The van der Waals surface area contributed by atoms with Gasteiger partial charge in [0.15, 0.2) is 0 Å². The van der Waals surface area contributed by atoms with Gasteiger partial charge in [0.1, 0.15) is 6.10 Å². The minimum atomic E-state index is -0.145. The summed E-state index contributed by atoms with van der Waals surface area (Å²) < 4.78 is 5.47. The largest absolute Gasteiger partial charge is 0.368 e. The summed E-state index contributed by atoms with van der Waals surface area (Å²) in [5.41, 5.74) is 0. The van der Waals surface area contributed by atoms with Crippen molar-refractivity contribution < 1.29 is 9.53 Å². The predicted molar refractivity (Wildman–Crippen MR) is 58.6 cm³/mol. The Labute approximate surface area is 91.8 Å². The van der Waals surface area contributed by atoms with Gasteiger partial charge in [0.05, 0.1) is 0 Å². The first kappa shape index (κ1) is 10.9. The lowest BCUT2D eigenvalue weighted by Crippen LogP contribution is -2.51. The van der Waals surface area contributed by atoms with Crippen LogP contribution in [0.4, 0.5) is 0 Å². The number of rotatable bonds is 1. The van der Waals surface area contributed by atoms with Crippen LogP contribution in [0.25, 0.3) is 0 Å². The fourth-order valence-corrected chi connectivity index (χ4v) is 2.79. The van der Waals surface area contributed by atoms with Crippen molar-refractivity contribution in [1.29, 1.82) is 0 Å². The van der Waals surface area contributed by atoms with Crippen molar-refractivity contribution in [3.63, 3.8) is 0 Å². The average Bonchev–Trinajstić information content (AvgIpc) is 2.69. The molecular weight excluding hydrogens is 190 g/mol. The highest BCUT2D eigenvalue weighted by molar-refractivity contribution is 5.81. The summed E-state index contributed by atoms with van der Waals surface area (Å²) in [6, 6.07) is 0.788. The quantitative estimate of drug-likeness (QED) is 0.663. The Bertz CT molecular complexity index is 226. The van der Waals surface area contributed by atoms with E-state index in [4.69, 9.17) is 4.74 Å². The number of carbonyl (C=O) groups excluding carboxylic acids is 1. The second-order valence-electron chi connectivity index (χ2n) is 4.88. The SMILES string of the molecule is C[C@@H]1CCC[C@@H](C)N1C(=O)[C@H]1CCCO1. The molecule has 1 amide bonds. The Kier molecular flexibility index (Phi) is 3.29. The van der Waals surface area contributed by atoms with Gasteiger partial charge in [-0.15, -0.1) is 0 Å². The molecule has 2 aliphatic heterocycles. The van der Waals surface area contributed by atoms with Crippen molar-refractivity contribution in [2.45, 2.75) is 64.1 Å². The molecule has 0 aromatic heterocycles. The molecule has 0 unspecified atom stereocenters. The molecule has 0 aromatic rings. The molecule has 0 N–H and O–H groups in total. The van der Waals surface area contributed by atoms with Gasteiger partial charge in [0, 0.05) is 18.7 Å². The van der Waals surface area contributed by atoms with Crippen LogP contribution in [0.1, 0.15) is 46.0 Å². The number of amides is 1. The molecule has 2 heterocycles. The monoisotopic (exact) mass is 211 g/mol. The zero-order chi connectivity index (χ0) is 10.8. The lowest BCUT2D eigenvalue weighted by Gasteiger charge is -2.40. The molecule has 2 aliphatic rings. The van der Waals surface area contributed by atoms with Gasteiger partial charge >= 0.3 is 0 Å². The van der Waals surface area contributed by atoms with Gasteiger partial charge in [-0.2, -0.15) is 0 Å². The Morgan fingerprint density at radius 2 is 1.80 bits per heavy atom. The summed E-state index contributed by atoms with van der Waals surface area (Å²) in [7, 11) is 0. The number of ether oxygens (including phenoxy) is 1. The highest BCUT2D eigenvalue weighted by Gasteiger charge is 2.35. The predicted octanol–water partition coefficient (Wildman–Crippen LogP) is 1.95. The van der Waals surface area contributed by atoms with Gasteiger partial charge in [-0.1, -0.05) is 0 Å². The van der Waals surface area contributed by atoms with Crippen molar-refractivity contribution in [2.24, 2.45) is 0 Å². The number of hydrogen-bond donors (Lipinski definition) is 0. The van der Waals surface area contributed by atoms with Gasteiger partial charge in [0.2, 0.25) is 0 Å². The molecular formula is C12H21NO2. The van der Waals surface area contributed by atoms with E-state index in [0.29, 0.717) is 12.1 Å². The van der Waals surface area contributed by atoms with E-state index in [1.165, 1.54) is 6.42 Å². The zero-order valence-electron chi connectivity index (χ0n) is 9.74. The molecule has 0 aliphatic carbocycles. The smallest absolute Gasteiger partial charge is 0.252 e. The normalized spacial score (nSPS) is 36.9. The van der Waals surface area contributed by atoms with Crippen LogP contribution in [-0.2, 0) is 9.53 Å². The van der Waals surface area contributed by atoms with Gasteiger partial charge in [-0.05, 0) is 46.0 Å². The van der Waals surface area contributed by atoms with Crippen molar-refractivity contribution in [3.05, 3.63) is 0 Å². The van der Waals surface area contributed by atoms with Crippen LogP contribution >= 0.6 is 0 Å². The Morgan fingerprint density at radius 1 is 1.13 bits per heavy atom. The third-order valence-electron chi connectivity index (χ3n) is 3.65. The second-order valence-corrected chi connectivity index (χ2v) is 4.88. The minimum Gasteiger partial charge on any atom is -0.368 e. The third kappa shape index (κ3) is 2.17. The van der Waals surface area contributed by atoms with Crippen LogP contribution in [0.2, 0.25) is 0 Å². The van der Waals surface area contributed by atoms with Crippen LogP contribution in [-0.4, -0.2) is 35.6 Å². The van der Waals surface area contributed by atoms with Crippen molar-refractivity contribution in [3.8, 4) is 0 Å². The van der Waals surface area contributed by atoms with Crippen molar-refractivity contribution >= 4 is 5.91 Å². The van der Waals surface area contributed by atoms with Crippen LogP contribution < -0.4 is 0 Å². The molecule has 0 bridgehead atoms. The third-order valence-corrected chi connectivity index (χ3v) is 3.65. The van der Waals surface area contributed by atoms with Crippen LogP contribution in [0.5, 0.6) is 0 Å². The standard InChI is InChI=1S/C12H21NO2/c1-9-5-3-6-10(2)13(9)12(14)11-7-4-8-15-11/h9-11H,3-8H2,1-2H3/t9-,10-,11-/m1/s1. The molecule has 86 valence electrons. The van der Waals surface area contributed by atoms with Gasteiger partial charge in [-0.3, -0.25) is 4.79 Å². The second kappa shape index (κ2) is 4.52. The van der Waals surface area contributed by atoms with Gasteiger partial charge in [-0.25, -0.2) is 0 Å². The maximum atomic E-state index is 12.2. The molecule has 0 spiro atoms. The maximum absolute atomic E-state index is 12.2. The van der Waals surface area contributed by atoms with E-state index < -0.39 is 0 Å². The molecule has 2 rings (SSSR count). The lowest BCUT2D eigenvalue weighted by atomic mass is 9.96. The number of piperidine rings is 1. The first-order chi connectivity index (χ1) is 7.20. The molecule has 15 heavy (non-hydrogen) atoms. The minimum absolute atomic E-state index is 0.145. The Balaban J connectivity index is 2.02. The molecule has 3 nitrogen and oxygen atoms in total. The Morgan fingerprint density at radius 3 is 2.33 bits per heavy atom. The number of carbonyl (C=O) groups is 1. The van der Waals surface area contributed by atoms with Gasteiger partial charge < -0.3 is 9.64 Å². The molecule has 3 heteroatoms. The summed E-state index contributed by atoms with van der Waals surface area (Å²) >= 11 is 0. The van der Waals surface area contributed by atoms with Crippen molar-refractivity contribution in [1.82, 2.24) is 4.90 Å². The van der Waals surface area contributed by atoms with E-state index in [1.54, 1.807) is 0 Å². The van der Waals surface area contributed by atoms with E-state index >= 15 is 0 Å². The summed E-state index contributed by atoms with van der Waals surface area (Å²) in [4.78, 5) is 14.3. The van der Waals surface area contributed by atoms with Gasteiger partial charge in [0.25, 0.3) is 5.91 Å². The number of hydrogen-bond acceptors (Lipinski definition) is 2. The molecule has 2 saturated heterocycles.